The average molecular weight is 484 g/mol. The normalized spacial score (nSPS) is 11.9. The van der Waals surface area contributed by atoms with Gasteiger partial charge >= 0.3 is 12.1 Å². The van der Waals surface area contributed by atoms with Crippen molar-refractivity contribution in [2.24, 2.45) is 5.10 Å². The maximum absolute atomic E-state index is 13.1. The Morgan fingerprint density at radius 2 is 1.91 bits per heavy atom. The zero-order valence-corrected chi connectivity index (χ0v) is 18.0. The number of aromatic nitrogens is 2. The Labute approximate surface area is 185 Å². The number of hydrazone groups is 1. The maximum Gasteiger partial charge on any atom is 0.417 e. The highest BCUT2D eigenvalue weighted by Gasteiger charge is 2.35. The molecule has 1 amide bonds. The molecule has 0 saturated heterocycles. The molecule has 1 aromatic carbocycles. The van der Waals surface area contributed by atoms with Crippen LogP contribution < -0.4 is 0 Å². The topological polar surface area (TPSA) is 108 Å². The van der Waals surface area contributed by atoms with E-state index < -0.39 is 38.4 Å². The number of nitrogens with zero attached hydrogens (tertiary/aromatic N) is 5. The van der Waals surface area contributed by atoms with Gasteiger partial charge in [-0.05, 0) is 43.2 Å². The molecule has 0 fully saturated rings. The molecule has 166 valence electrons. The third kappa shape index (κ3) is 3.92. The van der Waals surface area contributed by atoms with E-state index in [2.05, 4.69) is 16.8 Å². The number of fused-ring (bicyclic) bond motifs is 1. The Kier molecular flexibility index (Phi) is 5.75. The van der Waals surface area contributed by atoms with E-state index in [1.54, 1.807) is 0 Å². The predicted octanol–water partition coefficient (Wildman–Crippen LogP) is 3.94. The molecular weight excluding hydrogens is 471 g/mol. The number of sulfonamides is 1. The smallest absolute Gasteiger partial charge is 0.304 e. The number of nitriles is 1. The van der Waals surface area contributed by atoms with Crippen LogP contribution >= 0.6 is 11.6 Å². The molecule has 0 radical (unpaired) electrons. The van der Waals surface area contributed by atoms with Crippen LogP contribution in [0.3, 0.4) is 0 Å². The summed E-state index contributed by atoms with van der Waals surface area (Å²) in [4.78, 5) is 16.5. The summed E-state index contributed by atoms with van der Waals surface area (Å²) in [5.74, 6) is -1.25. The van der Waals surface area contributed by atoms with Gasteiger partial charge in [0.2, 0.25) is 0 Å². The molecule has 0 unspecified atom stereocenters. The molecule has 0 saturated carbocycles. The SMILES string of the molecule is C=NN(C(=O)c1cn2cc(C(F)(F)F)cc(Cl)c2n1)S(=O)(=O)c1cc(C)c(C#N)cc1C. The molecule has 0 N–H and O–H groups in total. The first kappa shape index (κ1) is 23.2. The second kappa shape index (κ2) is 7.92. The summed E-state index contributed by atoms with van der Waals surface area (Å²) < 4.78 is 66.2. The van der Waals surface area contributed by atoms with E-state index in [0.717, 1.165) is 10.6 Å². The van der Waals surface area contributed by atoms with Crippen LogP contribution in [0.15, 0.2) is 40.6 Å². The number of amides is 1. The minimum atomic E-state index is -4.70. The summed E-state index contributed by atoms with van der Waals surface area (Å²) in [6.45, 7) is 6.07. The van der Waals surface area contributed by atoms with Crippen molar-refractivity contribution in [2.75, 3.05) is 0 Å². The fourth-order valence-electron chi connectivity index (χ4n) is 2.94. The van der Waals surface area contributed by atoms with E-state index >= 15 is 0 Å². The number of pyridine rings is 1. The van der Waals surface area contributed by atoms with Gasteiger partial charge in [-0.1, -0.05) is 11.6 Å². The molecule has 0 bridgehead atoms. The quantitative estimate of drug-likeness (QED) is 0.412. The highest BCUT2D eigenvalue weighted by Crippen LogP contribution is 2.32. The van der Waals surface area contributed by atoms with Crippen LogP contribution in [-0.2, 0) is 16.2 Å². The van der Waals surface area contributed by atoms with E-state index in [1.165, 1.54) is 26.0 Å². The van der Waals surface area contributed by atoms with E-state index in [-0.39, 0.29) is 26.1 Å². The van der Waals surface area contributed by atoms with Gasteiger partial charge in [-0.25, -0.2) is 4.98 Å². The molecule has 8 nitrogen and oxygen atoms in total. The number of imidazole rings is 1. The second-order valence-corrected chi connectivity index (χ2v) is 8.81. The van der Waals surface area contributed by atoms with Crippen LogP contribution in [0, 0.1) is 25.2 Å². The number of benzene rings is 1. The fraction of sp³-hybridized carbons (Fsp3) is 0.158. The Balaban J connectivity index is 2.10. The third-order valence-corrected chi connectivity index (χ3v) is 6.51. The first-order chi connectivity index (χ1) is 14.8. The molecule has 2 aromatic heterocycles. The van der Waals surface area contributed by atoms with Gasteiger partial charge in [0, 0.05) is 19.1 Å². The summed E-state index contributed by atoms with van der Waals surface area (Å²) in [6, 6.07) is 5.12. The van der Waals surface area contributed by atoms with Crippen LogP contribution in [0.2, 0.25) is 5.02 Å². The molecule has 3 rings (SSSR count). The minimum Gasteiger partial charge on any atom is -0.304 e. The Morgan fingerprint density at radius 3 is 2.47 bits per heavy atom. The molecule has 13 heteroatoms. The van der Waals surface area contributed by atoms with Crippen LogP contribution in [0.25, 0.3) is 5.65 Å². The monoisotopic (exact) mass is 483 g/mol. The standard InChI is InChI=1S/C19H13ClF3N5O3S/c1-10-5-16(11(2)4-12(10)7-24)32(30,31)28(25-3)18(29)15-9-27-8-13(19(21,22)23)6-14(20)17(27)26-15/h4-6,8-9H,3H2,1-2H3. The molecule has 0 aliphatic carbocycles. The van der Waals surface area contributed by atoms with Gasteiger partial charge in [0.25, 0.3) is 10.0 Å². The number of rotatable bonds is 4. The highest BCUT2D eigenvalue weighted by atomic mass is 35.5. The number of hydrogen-bond acceptors (Lipinski definition) is 6. The lowest BCUT2D eigenvalue weighted by atomic mass is 10.1. The molecule has 0 aliphatic heterocycles. The molecule has 0 spiro atoms. The Bertz CT molecular complexity index is 1420. The molecule has 3 aromatic rings. The highest BCUT2D eigenvalue weighted by molar-refractivity contribution is 7.89. The molecule has 0 aliphatic rings. The summed E-state index contributed by atoms with van der Waals surface area (Å²) in [7, 11) is -4.57. The number of alkyl halides is 3. The average Bonchev–Trinajstić information content (AvgIpc) is 3.14. The lowest BCUT2D eigenvalue weighted by molar-refractivity contribution is -0.137. The van der Waals surface area contributed by atoms with Gasteiger partial charge in [-0.3, -0.25) is 4.79 Å². The predicted molar refractivity (Wildman–Crippen MR) is 109 cm³/mol. The molecule has 0 atom stereocenters. The number of carbonyl (C=O) groups excluding carboxylic acids is 1. The van der Waals surface area contributed by atoms with Crippen molar-refractivity contribution in [2.45, 2.75) is 24.9 Å². The zero-order chi connectivity index (χ0) is 24.0. The van der Waals surface area contributed by atoms with E-state index in [9.17, 15) is 26.4 Å². The number of halogens is 4. The van der Waals surface area contributed by atoms with Crippen LogP contribution in [0.4, 0.5) is 13.2 Å². The van der Waals surface area contributed by atoms with Crippen molar-refractivity contribution < 1.29 is 26.4 Å². The summed E-state index contributed by atoms with van der Waals surface area (Å²) >= 11 is 5.86. The van der Waals surface area contributed by atoms with Crippen LogP contribution in [0.5, 0.6) is 0 Å². The first-order valence-corrected chi connectivity index (χ1v) is 10.5. The molecular formula is C19H13ClF3N5O3S. The fourth-order valence-corrected chi connectivity index (χ4v) is 4.64. The number of carbonyl (C=O) groups is 1. The van der Waals surface area contributed by atoms with Crippen molar-refractivity contribution >= 4 is 39.9 Å². The molecule has 32 heavy (non-hydrogen) atoms. The molecule has 2 heterocycles. The minimum absolute atomic E-state index is 0.0845. The zero-order valence-electron chi connectivity index (χ0n) is 16.5. The van der Waals surface area contributed by atoms with Crippen molar-refractivity contribution in [1.82, 2.24) is 13.8 Å². The van der Waals surface area contributed by atoms with Gasteiger partial charge < -0.3 is 4.40 Å². The van der Waals surface area contributed by atoms with Crippen LogP contribution in [0.1, 0.15) is 32.7 Å². The summed E-state index contributed by atoms with van der Waals surface area (Å²) in [5.41, 5.74) is -1.00. The van der Waals surface area contributed by atoms with Crippen molar-refractivity contribution in [1.29, 1.82) is 5.26 Å². The number of aryl methyl sites for hydroxylation is 2. The van der Waals surface area contributed by atoms with Gasteiger partial charge in [0.15, 0.2) is 5.65 Å². The Morgan fingerprint density at radius 1 is 1.25 bits per heavy atom. The third-order valence-electron chi connectivity index (χ3n) is 4.50. The van der Waals surface area contributed by atoms with Gasteiger partial charge in [-0.15, -0.1) is 4.41 Å². The first-order valence-electron chi connectivity index (χ1n) is 8.64. The number of hydrogen-bond donors (Lipinski definition) is 0. The van der Waals surface area contributed by atoms with E-state index in [4.69, 9.17) is 16.9 Å². The summed E-state index contributed by atoms with van der Waals surface area (Å²) in [5, 5.41) is 12.0. The Hall–Kier alpha value is -3.43. The maximum atomic E-state index is 13.1. The van der Waals surface area contributed by atoms with Crippen molar-refractivity contribution in [3.63, 3.8) is 0 Å². The van der Waals surface area contributed by atoms with Gasteiger partial charge in [0.1, 0.15) is 5.69 Å². The van der Waals surface area contributed by atoms with E-state index in [1.807, 2.05) is 6.07 Å². The second-order valence-electron chi connectivity index (χ2n) is 6.67. The largest absolute Gasteiger partial charge is 0.417 e. The van der Waals surface area contributed by atoms with Gasteiger partial charge in [-0.2, -0.15) is 32.0 Å². The van der Waals surface area contributed by atoms with Crippen molar-refractivity contribution in [3.05, 3.63) is 63.6 Å². The lowest BCUT2D eigenvalue weighted by Gasteiger charge is -2.17. The van der Waals surface area contributed by atoms with Crippen LogP contribution in [-0.4, -0.2) is 34.8 Å². The van der Waals surface area contributed by atoms with Gasteiger partial charge in [0.05, 0.1) is 27.1 Å². The summed E-state index contributed by atoms with van der Waals surface area (Å²) in [6.07, 6.45) is -3.13. The van der Waals surface area contributed by atoms with Crippen molar-refractivity contribution in [3.8, 4) is 6.07 Å². The lowest BCUT2D eigenvalue weighted by Crippen LogP contribution is -2.33. The van der Waals surface area contributed by atoms with E-state index in [0.29, 0.717) is 17.8 Å².